The fourth-order valence-corrected chi connectivity index (χ4v) is 5.80. The monoisotopic (exact) mass is 516 g/mol. The average molecular weight is 517 g/mol. The van der Waals surface area contributed by atoms with Crippen molar-refractivity contribution in [3.63, 3.8) is 0 Å². The Labute approximate surface area is 221 Å². The Morgan fingerprint density at radius 2 is 0.947 bits per heavy atom. The molecule has 0 bridgehead atoms. The number of nitrogens with one attached hydrogen (secondary N) is 2. The minimum atomic E-state index is -4.20. The molecule has 0 aliphatic rings. The first-order valence-corrected chi connectivity index (χ1v) is 13.6. The lowest BCUT2D eigenvalue weighted by molar-refractivity contribution is 0.490. The molecule has 6 aromatic carbocycles. The van der Waals surface area contributed by atoms with E-state index in [9.17, 15) is 8.42 Å². The summed E-state index contributed by atoms with van der Waals surface area (Å²) in [7, 11) is -4.20. The molecule has 6 rings (SSSR count). The Balaban J connectivity index is 1.45. The second kappa shape index (κ2) is 9.92. The van der Waals surface area contributed by atoms with Gasteiger partial charge in [-0.05, 0) is 59.3 Å². The Kier molecular flexibility index (Phi) is 6.15. The van der Waals surface area contributed by atoms with Gasteiger partial charge in [0.25, 0.3) is 0 Å². The van der Waals surface area contributed by atoms with Crippen LogP contribution in [0.2, 0.25) is 0 Å². The standard InChI is InChI=1S/C32H24N2O3S/c35-38(36,30-22-10-14-24-12-8-20-28(32(24)30)34-26-17-5-2-6-18-26)37-29-21-9-13-23-11-7-19-27(31(23)29)33-25-15-3-1-4-16-25/h1-22,33-34H. The minimum absolute atomic E-state index is 0.0968. The van der Waals surface area contributed by atoms with E-state index in [2.05, 4.69) is 10.6 Å². The summed E-state index contributed by atoms with van der Waals surface area (Å²) in [5, 5.41) is 9.67. The highest BCUT2D eigenvalue weighted by molar-refractivity contribution is 7.87. The minimum Gasteiger partial charge on any atom is -0.378 e. The SMILES string of the molecule is O=S(=O)(Oc1cccc2cccc(Nc3ccccc3)c12)c1cccc2cccc(Nc3ccccc3)c12. The van der Waals surface area contributed by atoms with Gasteiger partial charge in [-0.15, -0.1) is 0 Å². The van der Waals surface area contributed by atoms with Gasteiger partial charge in [0, 0.05) is 27.8 Å². The van der Waals surface area contributed by atoms with Crippen LogP contribution in [0.1, 0.15) is 0 Å². The molecule has 0 atom stereocenters. The van der Waals surface area contributed by atoms with Crippen molar-refractivity contribution in [2.24, 2.45) is 0 Å². The van der Waals surface area contributed by atoms with Gasteiger partial charge in [0.15, 0.2) is 5.75 Å². The third-order valence-corrected chi connectivity index (χ3v) is 7.59. The van der Waals surface area contributed by atoms with Crippen LogP contribution in [-0.2, 0) is 10.1 Å². The van der Waals surface area contributed by atoms with Gasteiger partial charge in [-0.1, -0.05) is 84.9 Å². The third-order valence-electron chi connectivity index (χ3n) is 6.31. The maximum Gasteiger partial charge on any atom is 0.339 e. The summed E-state index contributed by atoms with van der Waals surface area (Å²) >= 11 is 0. The van der Waals surface area contributed by atoms with Crippen LogP contribution in [0.3, 0.4) is 0 Å². The topological polar surface area (TPSA) is 67.4 Å². The molecule has 6 aromatic rings. The predicted octanol–water partition coefficient (Wildman–Crippen LogP) is 8.25. The van der Waals surface area contributed by atoms with Crippen molar-refractivity contribution in [1.29, 1.82) is 0 Å². The Hall–Kier alpha value is -4.81. The van der Waals surface area contributed by atoms with E-state index in [-0.39, 0.29) is 10.6 Å². The van der Waals surface area contributed by atoms with Crippen molar-refractivity contribution in [2.45, 2.75) is 4.90 Å². The van der Waals surface area contributed by atoms with Crippen molar-refractivity contribution < 1.29 is 12.6 Å². The van der Waals surface area contributed by atoms with Gasteiger partial charge in [-0.2, -0.15) is 8.42 Å². The van der Waals surface area contributed by atoms with E-state index in [4.69, 9.17) is 4.18 Å². The van der Waals surface area contributed by atoms with Gasteiger partial charge in [0.05, 0.1) is 5.69 Å². The van der Waals surface area contributed by atoms with E-state index in [0.717, 1.165) is 27.8 Å². The molecule has 38 heavy (non-hydrogen) atoms. The zero-order valence-corrected chi connectivity index (χ0v) is 21.2. The number of anilines is 4. The molecular weight excluding hydrogens is 492 g/mol. The lowest BCUT2D eigenvalue weighted by Gasteiger charge is -2.16. The van der Waals surface area contributed by atoms with Crippen molar-refractivity contribution in [3.05, 3.63) is 133 Å². The number of para-hydroxylation sites is 2. The van der Waals surface area contributed by atoms with Crippen molar-refractivity contribution in [1.82, 2.24) is 0 Å². The van der Waals surface area contributed by atoms with Gasteiger partial charge < -0.3 is 14.8 Å². The fraction of sp³-hybridized carbons (Fsp3) is 0. The smallest absolute Gasteiger partial charge is 0.339 e. The molecule has 0 aliphatic carbocycles. The van der Waals surface area contributed by atoms with E-state index in [1.165, 1.54) is 0 Å². The first-order valence-electron chi connectivity index (χ1n) is 12.2. The Bertz CT molecular complexity index is 1840. The Morgan fingerprint density at radius 3 is 1.53 bits per heavy atom. The van der Waals surface area contributed by atoms with Crippen LogP contribution in [0.25, 0.3) is 21.5 Å². The third kappa shape index (κ3) is 4.65. The van der Waals surface area contributed by atoms with Crippen molar-refractivity contribution >= 4 is 54.4 Å². The van der Waals surface area contributed by atoms with Gasteiger partial charge in [-0.25, -0.2) is 0 Å². The zero-order valence-electron chi connectivity index (χ0n) is 20.3. The summed E-state index contributed by atoms with van der Waals surface area (Å²) in [6.07, 6.45) is 0. The molecule has 0 amide bonds. The second-order valence-electron chi connectivity index (χ2n) is 8.84. The van der Waals surface area contributed by atoms with E-state index in [1.54, 1.807) is 24.3 Å². The molecule has 0 saturated carbocycles. The number of rotatable bonds is 7. The number of hydrogen-bond acceptors (Lipinski definition) is 5. The molecule has 0 heterocycles. The van der Waals surface area contributed by atoms with Crippen LogP contribution in [0.4, 0.5) is 22.7 Å². The van der Waals surface area contributed by atoms with Crippen LogP contribution >= 0.6 is 0 Å². The lowest BCUT2D eigenvalue weighted by Crippen LogP contribution is -2.11. The molecule has 0 aromatic heterocycles. The molecule has 0 saturated heterocycles. The van der Waals surface area contributed by atoms with Gasteiger partial charge in [0.1, 0.15) is 4.90 Å². The molecule has 5 nitrogen and oxygen atoms in total. The van der Waals surface area contributed by atoms with Crippen LogP contribution in [0.15, 0.2) is 138 Å². The van der Waals surface area contributed by atoms with Gasteiger partial charge in [0.2, 0.25) is 0 Å². The molecular formula is C32H24N2O3S. The van der Waals surface area contributed by atoms with E-state index in [0.29, 0.717) is 16.5 Å². The molecule has 0 radical (unpaired) electrons. The van der Waals surface area contributed by atoms with E-state index < -0.39 is 10.1 Å². The molecule has 6 heteroatoms. The summed E-state index contributed by atoms with van der Waals surface area (Å²) in [5.41, 5.74) is 3.19. The van der Waals surface area contributed by atoms with Gasteiger partial charge >= 0.3 is 10.1 Å². The molecule has 0 unspecified atom stereocenters. The van der Waals surface area contributed by atoms with Crippen LogP contribution in [-0.4, -0.2) is 8.42 Å². The highest BCUT2D eigenvalue weighted by Gasteiger charge is 2.23. The summed E-state index contributed by atoms with van der Waals surface area (Å²) in [5.74, 6) is 0.257. The summed E-state index contributed by atoms with van der Waals surface area (Å²) in [4.78, 5) is 0.0968. The van der Waals surface area contributed by atoms with E-state index in [1.807, 2.05) is 109 Å². The number of benzene rings is 6. The van der Waals surface area contributed by atoms with Crippen molar-refractivity contribution in [2.75, 3.05) is 10.6 Å². The fourth-order valence-electron chi connectivity index (χ4n) is 4.62. The predicted molar refractivity (Wildman–Crippen MR) is 155 cm³/mol. The normalized spacial score (nSPS) is 11.4. The first kappa shape index (κ1) is 23.6. The van der Waals surface area contributed by atoms with Crippen LogP contribution in [0.5, 0.6) is 5.75 Å². The zero-order chi connectivity index (χ0) is 26.0. The molecule has 0 spiro atoms. The second-order valence-corrected chi connectivity index (χ2v) is 10.4. The Morgan fingerprint density at radius 1 is 0.474 bits per heavy atom. The molecule has 0 aliphatic heterocycles. The lowest BCUT2D eigenvalue weighted by atomic mass is 10.1. The highest BCUT2D eigenvalue weighted by atomic mass is 32.2. The highest BCUT2D eigenvalue weighted by Crippen LogP contribution is 2.38. The number of fused-ring (bicyclic) bond motifs is 2. The van der Waals surface area contributed by atoms with E-state index >= 15 is 0 Å². The summed E-state index contributed by atoms with van der Waals surface area (Å²) in [6.45, 7) is 0. The van der Waals surface area contributed by atoms with Crippen LogP contribution < -0.4 is 14.8 Å². The summed E-state index contributed by atoms with van der Waals surface area (Å²) < 4.78 is 33.6. The van der Waals surface area contributed by atoms with Crippen molar-refractivity contribution in [3.8, 4) is 5.75 Å². The number of hydrogen-bond donors (Lipinski definition) is 2. The molecule has 186 valence electrons. The average Bonchev–Trinajstić information content (AvgIpc) is 2.94. The quantitative estimate of drug-likeness (QED) is 0.209. The molecule has 2 N–H and O–H groups in total. The summed E-state index contributed by atoms with van der Waals surface area (Å²) in [6, 6.07) is 41.5. The van der Waals surface area contributed by atoms with Gasteiger partial charge in [-0.3, -0.25) is 0 Å². The van der Waals surface area contributed by atoms with Crippen LogP contribution in [0, 0.1) is 0 Å². The largest absolute Gasteiger partial charge is 0.378 e. The first-order chi connectivity index (χ1) is 18.6. The maximum absolute atomic E-state index is 13.9. The molecule has 0 fully saturated rings. The maximum atomic E-state index is 13.9.